The minimum atomic E-state index is -1.20. The number of hydrogen-bond donors (Lipinski definition) is 4. The molecule has 4 heterocycles. The van der Waals surface area contributed by atoms with Crippen LogP contribution >= 0.6 is 23.2 Å². The second kappa shape index (κ2) is 13.2. The quantitative estimate of drug-likeness (QED) is 0.124. The minimum absolute atomic E-state index is 0.188. The Hall–Kier alpha value is -5.58. The molecule has 8 rings (SSSR count). The van der Waals surface area contributed by atoms with E-state index in [1.54, 1.807) is 48.8 Å². The lowest BCUT2D eigenvalue weighted by atomic mass is 9.96. The van der Waals surface area contributed by atoms with Gasteiger partial charge in [0.1, 0.15) is 11.1 Å². The van der Waals surface area contributed by atoms with Crippen molar-refractivity contribution in [2.45, 2.75) is 51.4 Å². The van der Waals surface area contributed by atoms with Gasteiger partial charge in [0.2, 0.25) is 0 Å². The number of anilines is 2. The summed E-state index contributed by atoms with van der Waals surface area (Å²) in [7, 11) is 0. The maximum Gasteiger partial charge on any atom is 0.341 e. The zero-order valence-electron chi connectivity index (χ0n) is 28.2. The van der Waals surface area contributed by atoms with Crippen LogP contribution in [0.2, 0.25) is 10.0 Å². The summed E-state index contributed by atoms with van der Waals surface area (Å²) < 4.78 is 2.91. The number of rotatable bonds is 6. The van der Waals surface area contributed by atoms with Crippen molar-refractivity contribution >= 4 is 57.5 Å². The molecule has 52 heavy (non-hydrogen) atoms. The number of hydrogen-bond acceptors (Lipinski definition) is 6. The van der Waals surface area contributed by atoms with Crippen LogP contribution in [0.25, 0.3) is 33.3 Å². The summed E-state index contributed by atoms with van der Waals surface area (Å²) in [4.78, 5) is 48.1. The normalized spacial score (nSPS) is 13.9. The van der Waals surface area contributed by atoms with Gasteiger partial charge in [0.15, 0.2) is 0 Å². The summed E-state index contributed by atoms with van der Waals surface area (Å²) in [6.07, 6.45) is 7.30. The number of benzene rings is 2. The van der Waals surface area contributed by atoms with Crippen LogP contribution in [0.4, 0.5) is 11.4 Å². The number of carboxylic acid groups (broad SMARTS) is 2. The Morgan fingerprint density at radius 2 is 1.00 bits per heavy atom. The van der Waals surface area contributed by atoms with Gasteiger partial charge in [-0.05, 0) is 144 Å². The molecule has 0 bridgehead atoms. The van der Waals surface area contributed by atoms with Crippen molar-refractivity contribution < 1.29 is 19.8 Å². The molecule has 4 aromatic heterocycles. The summed E-state index contributed by atoms with van der Waals surface area (Å²) in [6.45, 7) is 3.89. The van der Waals surface area contributed by atoms with Crippen LogP contribution in [0.1, 0.15) is 80.5 Å². The van der Waals surface area contributed by atoms with E-state index in [4.69, 9.17) is 34.7 Å². The first-order chi connectivity index (χ1) is 24.8. The van der Waals surface area contributed by atoms with Gasteiger partial charge in [-0.3, -0.25) is 18.4 Å². The zero-order chi connectivity index (χ0) is 37.2. The monoisotopic (exact) mass is 736 g/mol. The molecule has 2 aliphatic carbocycles. The number of carboxylic acids is 2. The molecule has 0 amide bonds. The van der Waals surface area contributed by atoms with Crippen LogP contribution in [0.5, 0.6) is 0 Å². The number of halogens is 2. The van der Waals surface area contributed by atoms with Crippen molar-refractivity contribution in [3.05, 3.63) is 137 Å². The second-order valence-corrected chi connectivity index (χ2v) is 14.2. The molecule has 2 fully saturated rings. The fourth-order valence-electron chi connectivity index (χ4n) is 6.93. The summed E-state index contributed by atoms with van der Waals surface area (Å²) in [5.41, 5.74) is 20.2. The van der Waals surface area contributed by atoms with Gasteiger partial charge >= 0.3 is 11.9 Å². The Morgan fingerprint density at radius 3 is 1.31 bits per heavy atom. The van der Waals surface area contributed by atoms with E-state index in [2.05, 4.69) is 0 Å². The topological polar surface area (TPSA) is 170 Å². The molecule has 0 unspecified atom stereocenters. The lowest BCUT2D eigenvalue weighted by Crippen LogP contribution is -2.23. The highest BCUT2D eigenvalue weighted by molar-refractivity contribution is 6.33. The van der Waals surface area contributed by atoms with E-state index < -0.39 is 23.1 Å². The van der Waals surface area contributed by atoms with Crippen molar-refractivity contribution in [3.8, 4) is 22.3 Å². The lowest BCUT2D eigenvalue weighted by molar-refractivity contribution is 0.0683. The first-order valence-corrected chi connectivity index (χ1v) is 17.5. The third-order valence-electron chi connectivity index (χ3n) is 9.94. The van der Waals surface area contributed by atoms with Gasteiger partial charge in [-0.25, -0.2) is 9.59 Å². The highest BCUT2D eigenvalue weighted by atomic mass is 35.5. The molecular formula is C40H34Cl2N4O6. The molecule has 10 nitrogen and oxygen atoms in total. The van der Waals surface area contributed by atoms with Crippen LogP contribution in [-0.2, 0) is 0 Å². The lowest BCUT2D eigenvalue weighted by Gasteiger charge is -2.15. The molecule has 0 aliphatic heterocycles. The van der Waals surface area contributed by atoms with E-state index in [-0.39, 0.29) is 11.1 Å². The predicted molar refractivity (Wildman–Crippen MR) is 204 cm³/mol. The molecule has 2 aromatic carbocycles. The van der Waals surface area contributed by atoms with Gasteiger partial charge in [0.05, 0.1) is 32.5 Å². The number of nitrogen functional groups attached to an aromatic ring is 2. The van der Waals surface area contributed by atoms with Crippen molar-refractivity contribution in [1.82, 2.24) is 8.80 Å². The number of nitrogens with two attached hydrogens (primary N) is 2. The minimum Gasteiger partial charge on any atom is -0.477 e. The Bertz CT molecular complexity index is 2440. The summed E-state index contributed by atoms with van der Waals surface area (Å²) in [5, 5.41) is 19.7. The fourth-order valence-corrected chi connectivity index (χ4v) is 7.29. The largest absolute Gasteiger partial charge is 0.477 e. The maximum absolute atomic E-state index is 12.6. The molecule has 264 valence electrons. The smallest absolute Gasteiger partial charge is 0.341 e. The van der Waals surface area contributed by atoms with E-state index in [0.29, 0.717) is 33.3 Å². The van der Waals surface area contributed by atoms with E-state index in [1.165, 1.54) is 8.80 Å². The van der Waals surface area contributed by atoms with Crippen LogP contribution < -0.4 is 22.6 Å². The number of pyridine rings is 4. The van der Waals surface area contributed by atoms with Gasteiger partial charge < -0.3 is 21.7 Å². The van der Waals surface area contributed by atoms with Crippen LogP contribution in [0, 0.1) is 13.8 Å². The maximum atomic E-state index is 12.6. The SMILES string of the molecule is Cc1c(-c2ccc(N)c(Cl)c2)ccn2c(=O)c(C(=O)O)cc(C3CC3)c12.Cc1c(-c2ccc(N)c(Cl)c2)ccn2c(=O)c(C(=O)O)cc(C3CC3)c12. The highest BCUT2D eigenvalue weighted by Gasteiger charge is 2.30. The van der Waals surface area contributed by atoms with Crippen molar-refractivity contribution in [1.29, 1.82) is 0 Å². The molecule has 6 aromatic rings. The predicted octanol–water partition coefficient (Wildman–Crippen LogP) is 8.17. The first-order valence-electron chi connectivity index (χ1n) is 16.7. The van der Waals surface area contributed by atoms with Gasteiger partial charge in [-0.15, -0.1) is 0 Å². The second-order valence-electron chi connectivity index (χ2n) is 13.4. The number of fused-ring (bicyclic) bond motifs is 2. The van der Waals surface area contributed by atoms with Crippen LogP contribution in [-0.4, -0.2) is 31.0 Å². The van der Waals surface area contributed by atoms with E-state index in [9.17, 15) is 29.4 Å². The summed E-state index contributed by atoms with van der Waals surface area (Å²) in [6, 6.07) is 17.6. The van der Waals surface area contributed by atoms with Crippen LogP contribution in [0.3, 0.4) is 0 Å². The molecular weight excluding hydrogens is 703 g/mol. The number of carbonyl (C=O) groups is 2. The number of aromatic nitrogens is 2. The van der Waals surface area contributed by atoms with Gasteiger partial charge in [-0.1, -0.05) is 35.3 Å². The van der Waals surface area contributed by atoms with Gasteiger partial charge in [-0.2, -0.15) is 0 Å². The van der Waals surface area contributed by atoms with E-state index in [0.717, 1.165) is 81.2 Å². The summed E-state index contributed by atoms with van der Waals surface area (Å²) >= 11 is 12.3. The van der Waals surface area contributed by atoms with Gasteiger partial charge in [0.25, 0.3) is 11.1 Å². The van der Waals surface area contributed by atoms with Crippen molar-refractivity contribution in [3.63, 3.8) is 0 Å². The van der Waals surface area contributed by atoms with E-state index in [1.807, 2.05) is 38.1 Å². The Labute approximate surface area is 307 Å². The Balaban J connectivity index is 0.000000162. The third kappa shape index (κ3) is 6.18. The zero-order valence-corrected chi connectivity index (χ0v) is 29.8. The average molecular weight is 738 g/mol. The average Bonchev–Trinajstić information content (AvgIpc) is 4.03. The standard InChI is InChI=1S/2C20H17ClN2O3/c2*1-10-13(12-4-5-17(22)16(21)8-12)6-7-23-18(10)14(11-2-3-11)9-15(19(23)24)20(25)26/h2*4-9,11H,2-3,22H2,1H3,(H,25,26). The number of aromatic carboxylic acids is 2. The van der Waals surface area contributed by atoms with Crippen molar-refractivity contribution in [2.75, 3.05) is 11.5 Å². The number of aryl methyl sites for hydroxylation is 2. The molecule has 0 radical (unpaired) electrons. The third-order valence-corrected chi connectivity index (χ3v) is 10.6. The molecule has 12 heteroatoms. The Morgan fingerprint density at radius 1 is 0.635 bits per heavy atom. The molecule has 6 N–H and O–H groups in total. The number of nitrogens with zero attached hydrogens (tertiary/aromatic N) is 2. The fraction of sp³-hybridized carbons (Fsp3) is 0.200. The molecule has 0 spiro atoms. The molecule has 2 saturated carbocycles. The van der Waals surface area contributed by atoms with Gasteiger partial charge in [0, 0.05) is 12.4 Å². The Kier molecular flexibility index (Phi) is 8.84. The summed E-state index contributed by atoms with van der Waals surface area (Å²) in [5.74, 6) is -1.79. The first kappa shape index (κ1) is 34.9. The van der Waals surface area contributed by atoms with E-state index >= 15 is 0 Å². The molecule has 2 aliphatic rings. The molecule has 0 atom stereocenters. The van der Waals surface area contributed by atoms with Crippen LogP contribution in [0.15, 0.2) is 82.6 Å². The van der Waals surface area contributed by atoms with Crippen molar-refractivity contribution in [2.24, 2.45) is 0 Å². The molecule has 0 saturated heterocycles. The highest BCUT2D eigenvalue weighted by Crippen LogP contribution is 2.45.